The molecule has 1 aromatic heterocycles. The number of carbonyl (C=O) groups excluding carboxylic acids is 2. The van der Waals surface area contributed by atoms with Gasteiger partial charge in [-0.3, -0.25) is 14.9 Å². The number of esters is 1. The van der Waals surface area contributed by atoms with Gasteiger partial charge in [-0.15, -0.1) is 0 Å². The van der Waals surface area contributed by atoms with Crippen LogP contribution in [0.2, 0.25) is 0 Å². The standard InChI is InChI=1S/C22H24N4O5/c1-13-7-6-10-17(20(13)26(29)30)22(28)31-12-19(27)24-21-18(11-23)14(2)15(3)25(21)16-8-4-5-9-16/h6-7,10,16H,4-5,8-9,12H2,1-3H3,(H,24,27). The van der Waals surface area contributed by atoms with E-state index in [0.717, 1.165) is 36.9 Å². The van der Waals surface area contributed by atoms with Crippen molar-refractivity contribution in [3.63, 3.8) is 0 Å². The summed E-state index contributed by atoms with van der Waals surface area (Å²) in [6.07, 6.45) is 4.11. The average Bonchev–Trinajstić information content (AvgIpc) is 3.33. The van der Waals surface area contributed by atoms with Gasteiger partial charge >= 0.3 is 5.97 Å². The van der Waals surface area contributed by atoms with Crippen molar-refractivity contribution in [2.45, 2.75) is 52.5 Å². The summed E-state index contributed by atoms with van der Waals surface area (Å²) in [5.74, 6) is -1.16. The summed E-state index contributed by atoms with van der Waals surface area (Å²) in [6, 6.07) is 6.68. The third kappa shape index (κ3) is 4.28. The molecule has 0 spiro atoms. The monoisotopic (exact) mass is 424 g/mol. The Morgan fingerprint density at radius 3 is 2.58 bits per heavy atom. The lowest BCUT2D eigenvalue weighted by atomic mass is 10.1. The molecule has 1 amide bonds. The molecule has 1 aromatic carbocycles. The molecule has 162 valence electrons. The molecular formula is C22H24N4O5. The maximum Gasteiger partial charge on any atom is 0.345 e. The summed E-state index contributed by atoms with van der Waals surface area (Å²) in [5, 5.41) is 23.6. The Morgan fingerprint density at radius 1 is 1.29 bits per heavy atom. The van der Waals surface area contributed by atoms with Crippen LogP contribution in [0.3, 0.4) is 0 Å². The molecule has 9 nitrogen and oxygen atoms in total. The molecular weight excluding hydrogens is 400 g/mol. The number of aryl methyl sites for hydroxylation is 1. The van der Waals surface area contributed by atoms with Gasteiger partial charge in [0, 0.05) is 17.3 Å². The number of benzene rings is 1. The molecule has 1 aliphatic carbocycles. The fourth-order valence-electron chi connectivity index (χ4n) is 4.15. The van der Waals surface area contributed by atoms with Gasteiger partial charge < -0.3 is 14.6 Å². The van der Waals surface area contributed by atoms with Gasteiger partial charge in [-0.1, -0.05) is 25.0 Å². The molecule has 0 bridgehead atoms. The Hall–Kier alpha value is -3.67. The molecule has 1 heterocycles. The summed E-state index contributed by atoms with van der Waals surface area (Å²) in [5.41, 5.74) is 1.88. The smallest absolute Gasteiger partial charge is 0.345 e. The zero-order valence-corrected chi connectivity index (χ0v) is 17.7. The lowest BCUT2D eigenvalue weighted by molar-refractivity contribution is -0.385. The van der Waals surface area contributed by atoms with Crippen LogP contribution in [-0.4, -0.2) is 28.0 Å². The van der Waals surface area contributed by atoms with Gasteiger partial charge in [-0.2, -0.15) is 5.26 Å². The van der Waals surface area contributed by atoms with E-state index in [1.54, 1.807) is 0 Å². The number of hydrogen-bond acceptors (Lipinski definition) is 6. The molecule has 1 fully saturated rings. The first-order valence-electron chi connectivity index (χ1n) is 10.1. The van der Waals surface area contributed by atoms with Crippen molar-refractivity contribution in [3.05, 3.63) is 56.3 Å². The van der Waals surface area contributed by atoms with Crippen molar-refractivity contribution in [1.82, 2.24) is 4.57 Å². The van der Waals surface area contributed by atoms with Crippen molar-refractivity contribution in [1.29, 1.82) is 5.26 Å². The minimum Gasteiger partial charge on any atom is -0.452 e. The molecule has 0 aliphatic heterocycles. The van der Waals surface area contributed by atoms with Crippen molar-refractivity contribution in [2.24, 2.45) is 0 Å². The molecule has 0 atom stereocenters. The quantitative estimate of drug-likeness (QED) is 0.422. The highest BCUT2D eigenvalue weighted by molar-refractivity contribution is 5.98. The van der Waals surface area contributed by atoms with E-state index in [1.807, 2.05) is 18.4 Å². The van der Waals surface area contributed by atoms with Gasteiger partial charge in [0.1, 0.15) is 17.5 Å². The van der Waals surface area contributed by atoms with Crippen LogP contribution in [0.1, 0.15) is 64.5 Å². The first-order valence-corrected chi connectivity index (χ1v) is 10.1. The molecule has 31 heavy (non-hydrogen) atoms. The van der Waals surface area contributed by atoms with Crippen molar-refractivity contribution in [2.75, 3.05) is 11.9 Å². The fourth-order valence-corrected chi connectivity index (χ4v) is 4.15. The van der Waals surface area contributed by atoms with Gasteiger partial charge in [-0.25, -0.2) is 4.79 Å². The number of ether oxygens (including phenoxy) is 1. The van der Waals surface area contributed by atoms with Crippen LogP contribution < -0.4 is 5.32 Å². The Balaban J connectivity index is 1.77. The number of hydrogen-bond donors (Lipinski definition) is 1. The van der Waals surface area contributed by atoms with E-state index in [0.29, 0.717) is 16.9 Å². The molecule has 0 unspecified atom stereocenters. The van der Waals surface area contributed by atoms with E-state index >= 15 is 0 Å². The van der Waals surface area contributed by atoms with Crippen LogP contribution in [0.25, 0.3) is 0 Å². The molecule has 0 radical (unpaired) electrons. The normalized spacial score (nSPS) is 13.6. The minimum atomic E-state index is -0.954. The number of rotatable bonds is 6. The predicted octanol–water partition coefficient (Wildman–Crippen LogP) is 4.10. The average molecular weight is 424 g/mol. The van der Waals surface area contributed by atoms with Crippen LogP contribution in [0.5, 0.6) is 0 Å². The topological polar surface area (TPSA) is 127 Å². The summed E-state index contributed by atoms with van der Waals surface area (Å²) >= 11 is 0. The van der Waals surface area contributed by atoms with Gasteiger partial charge in [0.05, 0.1) is 10.5 Å². The van der Waals surface area contributed by atoms with E-state index < -0.39 is 23.4 Å². The number of nitro benzene ring substituents is 1. The molecule has 1 saturated carbocycles. The van der Waals surface area contributed by atoms with Gasteiger partial charge in [0.15, 0.2) is 6.61 Å². The highest BCUT2D eigenvalue weighted by Crippen LogP contribution is 2.37. The first kappa shape index (κ1) is 22.0. The highest BCUT2D eigenvalue weighted by Gasteiger charge is 2.28. The maximum absolute atomic E-state index is 12.5. The molecule has 1 N–H and O–H groups in total. The number of carbonyl (C=O) groups is 2. The Bertz CT molecular complexity index is 1090. The fraction of sp³-hybridized carbons (Fsp3) is 0.409. The molecule has 0 saturated heterocycles. The lowest BCUT2D eigenvalue weighted by Gasteiger charge is -2.19. The third-order valence-corrected chi connectivity index (χ3v) is 5.79. The first-order chi connectivity index (χ1) is 14.8. The van der Waals surface area contributed by atoms with Crippen molar-refractivity contribution >= 4 is 23.4 Å². The van der Waals surface area contributed by atoms with E-state index in [-0.39, 0.29) is 17.3 Å². The second kappa shape index (κ2) is 9.00. The van der Waals surface area contributed by atoms with Crippen LogP contribution in [0.15, 0.2) is 18.2 Å². The molecule has 1 aliphatic rings. The maximum atomic E-state index is 12.5. The number of aromatic nitrogens is 1. The Kier molecular flexibility index (Phi) is 6.39. The summed E-state index contributed by atoms with van der Waals surface area (Å²) in [4.78, 5) is 35.5. The Morgan fingerprint density at radius 2 is 1.97 bits per heavy atom. The highest BCUT2D eigenvalue weighted by atomic mass is 16.6. The van der Waals surface area contributed by atoms with Gasteiger partial charge in [-0.05, 0) is 45.2 Å². The SMILES string of the molecule is Cc1cccc(C(=O)OCC(=O)Nc2c(C#N)c(C)c(C)n2C2CCCC2)c1[N+](=O)[O-]. The third-order valence-electron chi connectivity index (χ3n) is 5.79. The number of nitrogens with one attached hydrogen (secondary N) is 1. The van der Waals surface area contributed by atoms with Crippen LogP contribution in [-0.2, 0) is 9.53 Å². The minimum absolute atomic E-state index is 0.202. The number of nitrogens with zero attached hydrogens (tertiary/aromatic N) is 3. The second-order valence-corrected chi connectivity index (χ2v) is 7.71. The molecule has 9 heteroatoms. The van der Waals surface area contributed by atoms with E-state index in [1.165, 1.54) is 25.1 Å². The van der Waals surface area contributed by atoms with E-state index in [9.17, 15) is 25.0 Å². The van der Waals surface area contributed by atoms with Crippen LogP contribution in [0.4, 0.5) is 11.5 Å². The van der Waals surface area contributed by atoms with E-state index in [2.05, 4.69) is 11.4 Å². The molecule has 3 rings (SSSR count). The summed E-state index contributed by atoms with van der Waals surface area (Å²) < 4.78 is 7.03. The zero-order chi connectivity index (χ0) is 22.7. The number of para-hydroxylation sites is 1. The zero-order valence-electron chi connectivity index (χ0n) is 17.7. The lowest BCUT2D eigenvalue weighted by Crippen LogP contribution is -2.24. The molecule has 2 aromatic rings. The Labute approximate surface area is 179 Å². The number of amides is 1. The summed E-state index contributed by atoms with van der Waals surface area (Å²) in [6.45, 7) is 4.66. The van der Waals surface area contributed by atoms with E-state index in [4.69, 9.17) is 4.74 Å². The van der Waals surface area contributed by atoms with Gasteiger partial charge in [0.2, 0.25) is 0 Å². The van der Waals surface area contributed by atoms with Crippen LogP contribution in [0, 0.1) is 42.2 Å². The number of anilines is 1. The van der Waals surface area contributed by atoms with Crippen molar-refractivity contribution < 1.29 is 19.2 Å². The second-order valence-electron chi connectivity index (χ2n) is 7.71. The van der Waals surface area contributed by atoms with Crippen molar-refractivity contribution in [3.8, 4) is 6.07 Å². The van der Waals surface area contributed by atoms with Crippen LogP contribution >= 0.6 is 0 Å². The number of nitro groups is 1. The summed E-state index contributed by atoms with van der Waals surface area (Å²) in [7, 11) is 0. The van der Waals surface area contributed by atoms with Gasteiger partial charge in [0.25, 0.3) is 11.6 Å². The largest absolute Gasteiger partial charge is 0.452 e. The predicted molar refractivity (Wildman–Crippen MR) is 113 cm³/mol. The number of nitriles is 1.